The Labute approximate surface area is 90.6 Å². The quantitative estimate of drug-likeness (QED) is 0.544. The molecule has 0 rings (SSSR count). The first-order valence-corrected chi connectivity index (χ1v) is 7.85. The van der Waals surface area contributed by atoms with Crippen LogP contribution >= 0.6 is 0 Å². The highest BCUT2D eigenvalue weighted by Gasteiger charge is 2.44. The highest BCUT2D eigenvalue weighted by molar-refractivity contribution is 6.74. The molecule has 0 aliphatic heterocycles. The summed E-state index contributed by atoms with van der Waals surface area (Å²) in [6.45, 7) is 12.4. The molecule has 0 fully saturated rings. The SMILES string of the molecule is CCCCN[Si](CC)(OC)C(C)(C)C. The minimum Gasteiger partial charge on any atom is -0.406 e. The second kappa shape index (κ2) is 5.88. The number of unbranched alkanes of at least 4 members (excludes halogenated alkanes) is 1. The van der Waals surface area contributed by atoms with Crippen LogP contribution in [0, 0.1) is 0 Å². The Bertz CT molecular complexity index is 150. The molecule has 0 bridgehead atoms. The lowest BCUT2D eigenvalue weighted by molar-refractivity contribution is 0.343. The van der Waals surface area contributed by atoms with Gasteiger partial charge in [-0.1, -0.05) is 41.0 Å². The lowest BCUT2D eigenvalue weighted by Gasteiger charge is -2.40. The fraction of sp³-hybridized carbons (Fsp3) is 1.00. The number of hydrogen-bond acceptors (Lipinski definition) is 2. The molecule has 1 unspecified atom stereocenters. The van der Waals surface area contributed by atoms with Crippen molar-refractivity contribution in [3.63, 3.8) is 0 Å². The van der Waals surface area contributed by atoms with Gasteiger partial charge in [0.2, 0.25) is 0 Å². The lowest BCUT2D eigenvalue weighted by Crippen LogP contribution is -2.59. The molecule has 0 heterocycles. The number of nitrogens with one attached hydrogen (secondary N) is 1. The summed E-state index contributed by atoms with van der Waals surface area (Å²) in [4.78, 5) is 3.69. The zero-order chi connectivity index (χ0) is 11.2. The van der Waals surface area contributed by atoms with Gasteiger partial charge in [-0.05, 0) is 24.0 Å². The molecule has 1 N–H and O–H groups in total. The van der Waals surface area contributed by atoms with Crippen molar-refractivity contribution in [3.8, 4) is 0 Å². The molecule has 0 saturated carbocycles. The number of rotatable bonds is 6. The summed E-state index contributed by atoms with van der Waals surface area (Å²) in [6.07, 6.45) is 2.49. The summed E-state index contributed by atoms with van der Waals surface area (Å²) in [5.41, 5.74) is 0. The van der Waals surface area contributed by atoms with E-state index >= 15 is 0 Å². The Morgan fingerprint density at radius 1 is 1.21 bits per heavy atom. The third kappa shape index (κ3) is 3.37. The van der Waals surface area contributed by atoms with E-state index in [4.69, 9.17) is 4.43 Å². The topological polar surface area (TPSA) is 21.3 Å². The molecule has 0 aromatic rings. The van der Waals surface area contributed by atoms with Gasteiger partial charge in [0.1, 0.15) is 0 Å². The van der Waals surface area contributed by atoms with Gasteiger partial charge < -0.3 is 9.41 Å². The molecule has 0 aliphatic rings. The minimum absolute atomic E-state index is 0.268. The van der Waals surface area contributed by atoms with Crippen molar-refractivity contribution in [1.29, 1.82) is 0 Å². The smallest absolute Gasteiger partial charge is 0.273 e. The molecular weight excluding hydrogens is 190 g/mol. The van der Waals surface area contributed by atoms with Gasteiger partial charge in [-0.2, -0.15) is 0 Å². The van der Waals surface area contributed by atoms with Gasteiger partial charge in [0.25, 0.3) is 8.48 Å². The monoisotopic (exact) mass is 217 g/mol. The first-order chi connectivity index (χ1) is 6.43. The third-order valence-corrected chi connectivity index (χ3v) is 7.94. The standard InChI is InChI=1S/C11H27NOSi/c1-7-9-10-12-14(8-2,13-6)11(3,4)5/h12H,7-10H2,1-6H3. The summed E-state index contributed by atoms with van der Waals surface area (Å²) in [7, 11) is 0.129. The molecule has 2 nitrogen and oxygen atoms in total. The van der Waals surface area contributed by atoms with E-state index in [1.807, 2.05) is 7.11 Å². The Kier molecular flexibility index (Phi) is 5.94. The van der Waals surface area contributed by atoms with Crippen LogP contribution in [-0.4, -0.2) is 22.1 Å². The van der Waals surface area contributed by atoms with Crippen LogP contribution < -0.4 is 4.98 Å². The molecule has 0 saturated heterocycles. The van der Waals surface area contributed by atoms with E-state index in [2.05, 4.69) is 39.6 Å². The van der Waals surface area contributed by atoms with Crippen LogP contribution in [0.3, 0.4) is 0 Å². The van der Waals surface area contributed by atoms with E-state index < -0.39 is 8.48 Å². The van der Waals surface area contributed by atoms with Gasteiger partial charge in [0.15, 0.2) is 0 Å². The molecule has 86 valence electrons. The van der Waals surface area contributed by atoms with E-state index in [1.54, 1.807) is 0 Å². The van der Waals surface area contributed by atoms with Gasteiger partial charge in [0.05, 0.1) is 0 Å². The molecule has 3 heteroatoms. The van der Waals surface area contributed by atoms with Gasteiger partial charge in [-0.3, -0.25) is 0 Å². The first kappa shape index (κ1) is 14.1. The second-order valence-corrected chi connectivity index (χ2v) is 9.54. The molecule has 0 aromatic carbocycles. The summed E-state index contributed by atoms with van der Waals surface area (Å²) < 4.78 is 5.83. The van der Waals surface area contributed by atoms with E-state index in [1.165, 1.54) is 12.8 Å². The first-order valence-electron chi connectivity index (χ1n) is 5.73. The van der Waals surface area contributed by atoms with Crippen molar-refractivity contribution >= 4 is 8.48 Å². The molecule has 0 amide bonds. The second-order valence-electron chi connectivity index (χ2n) is 4.92. The van der Waals surface area contributed by atoms with E-state index in [0.717, 1.165) is 12.6 Å². The summed E-state index contributed by atoms with van der Waals surface area (Å²) in [5.74, 6) is 0. The molecular formula is C11H27NOSi. The van der Waals surface area contributed by atoms with Gasteiger partial charge in [-0.25, -0.2) is 0 Å². The third-order valence-electron chi connectivity index (χ3n) is 3.00. The van der Waals surface area contributed by atoms with Crippen LogP contribution in [-0.2, 0) is 4.43 Å². The molecule has 1 atom stereocenters. The number of hydrogen-bond donors (Lipinski definition) is 1. The molecule has 0 aromatic heterocycles. The van der Waals surface area contributed by atoms with Crippen LogP contribution in [0.4, 0.5) is 0 Å². The molecule has 0 spiro atoms. The van der Waals surface area contributed by atoms with Crippen molar-refractivity contribution in [2.45, 2.75) is 58.5 Å². The zero-order valence-corrected chi connectivity index (χ0v) is 11.7. The normalized spacial score (nSPS) is 16.7. The minimum atomic E-state index is -1.73. The maximum Gasteiger partial charge on any atom is 0.273 e. The zero-order valence-electron chi connectivity index (χ0n) is 10.7. The Hall–Kier alpha value is 0.137. The average Bonchev–Trinajstić information content (AvgIpc) is 2.11. The summed E-state index contributed by atoms with van der Waals surface area (Å²) in [6, 6.07) is 1.14. The maximum atomic E-state index is 5.83. The fourth-order valence-electron chi connectivity index (χ4n) is 1.91. The van der Waals surface area contributed by atoms with Crippen molar-refractivity contribution in [1.82, 2.24) is 4.98 Å². The largest absolute Gasteiger partial charge is 0.406 e. The van der Waals surface area contributed by atoms with Crippen LogP contribution in [0.15, 0.2) is 0 Å². The molecule has 14 heavy (non-hydrogen) atoms. The van der Waals surface area contributed by atoms with Crippen molar-refractivity contribution in [3.05, 3.63) is 0 Å². The predicted octanol–water partition coefficient (Wildman–Crippen LogP) is 3.28. The summed E-state index contributed by atoms with van der Waals surface area (Å²) in [5, 5.41) is 0.268. The maximum absolute atomic E-state index is 5.83. The van der Waals surface area contributed by atoms with E-state index in [-0.39, 0.29) is 5.04 Å². The van der Waals surface area contributed by atoms with Gasteiger partial charge >= 0.3 is 0 Å². The van der Waals surface area contributed by atoms with Crippen LogP contribution in [0.2, 0.25) is 11.1 Å². The molecule has 0 aliphatic carbocycles. The van der Waals surface area contributed by atoms with Crippen molar-refractivity contribution in [2.24, 2.45) is 0 Å². The fourth-order valence-corrected chi connectivity index (χ4v) is 5.38. The highest BCUT2D eigenvalue weighted by atomic mass is 28.4. The van der Waals surface area contributed by atoms with Crippen LogP contribution in [0.25, 0.3) is 0 Å². The van der Waals surface area contributed by atoms with Crippen LogP contribution in [0.1, 0.15) is 47.5 Å². The van der Waals surface area contributed by atoms with Crippen LogP contribution in [0.5, 0.6) is 0 Å². The highest BCUT2D eigenvalue weighted by Crippen LogP contribution is 2.36. The van der Waals surface area contributed by atoms with Crippen molar-refractivity contribution < 1.29 is 4.43 Å². The lowest BCUT2D eigenvalue weighted by atomic mass is 10.2. The van der Waals surface area contributed by atoms with E-state index in [9.17, 15) is 0 Å². The van der Waals surface area contributed by atoms with Gasteiger partial charge in [-0.15, -0.1) is 0 Å². The Balaban J connectivity index is 4.39. The molecule has 0 radical (unpaired) electrons. The van der Waals surface area contributed by atoms with E-state index in [0.29, 0.717) is 0 Å². The summed E-state index contributed by atoms with van der Waals surface area (Å²) >= 11 is 0. The Morgan fingerprint density at radius 3 is 2.07 bits per heavy atom. The predicted molar refractivity (Wildman–Crippen MR) is 65.9 cm³/mol. The van der Waals surface area contributed by atoms with Gasteiger partial charge in [0, 0.05) is 7.11 Å². The van der Waals surface area contributed by atoms with Crippen molar-refractivity contribution in [2.75, 3.05) is 13.7 Å². The Morgan fingerprint density at radius 2 is 1.79 bits per heavy atom. The average molecular weight is 217 g/mol.